The maximum Gasteiger partial charge on any atom is 0.233 e. The van der Waals surface area contributed by atoms with Crippen LogP contribution in [0.25, 0.3) is 11.4 Å². The number of furan rings is 1. The Labute approximate surface area is 181 Å². The number of aromatic nitrogens is 3. The van der Waals surface area contributed by atoms with Gasteiger partial charge in [-0.2, -0.15) is 0 Å². The van der Waals surface area contributed by atoms with E-state index in [1.54, 1.807) is 6.26 Å². The first-order chi connectivity index (χ1) is 14.6. The van der Waals surface area contributed by atoms with Crippen molar-refractivity contribution in [3.63, 3.8) is 0 Å². The minimum absolute atomic E-state index is 0.0715. The predicted octanol–water partition coefficient (Wildman–Crippen LogP) is 4.82. The van der Waals surface area contributed by atoms with Crippen molar-refractivity contribution in [3.8, 4) is 11.4 Å². The van der Waals surface area contributed by atoms with Crippen LogP contribution in [0.15, 0.2) is 52.2 Å². The number of nitrogens with one attached hydrogen (secondary N) is 1. The topological polar surface area (TPSA) is 72.9 Å². The standard InChI is InChI=1S/C23H28N4O2S/c1-16-20(13-14-29-16)21-25-26-23(27(21)15-18-9-5-3-6-10-18)30-17(2)22(28)24-19-11-7-4-8-12-19/h3,5-6,9-10,13-14,17,19H,4,7-8,11-12,15H2,1-2H3,(H,24,28). The van der Waals surface area contributed by atoms with Crippen molar-refractivity contribution in [2.24, 2.45) is 0 Å². The van der Waals surface area contributed by atoms with Crippen molar-refractivity contribution < 1.29 is 9.21 Å². The van der Waals surface area contributed by atoms with E-state index in [-0.39, 0.29) is 11.2 Å². The third-order valence-electron chi connectivity index (χ3n) is 5.60. The van der Waals surface area contributed by atoms with Gasteiger partial charge in [0.05, 0.1) is 23.6 Å². The fourth-order valence-corrected chi connectivity index (χ4v) is 4.74. The van der Waals surface area contributed by atoms with Crippen LogP contribution in [0.4, 0.5) is 0 Å². The average Bonchev–Trinajstić information content (AvgIpc) is 3.35. The van der Waals surface area contributed by atoms with E-state index in [0.29, 0.717) is 12.6 Å². The second-order valence-corrected chi connectivity index (χ2v) is 9.18. The summed E-state index contributed by atoms with van der Waals surface area (Å²) in [6.45, 7) is 4.49. The molecule has 1 amide bonds. The minimum atomic E-state index is -0.246. The molecule has 1 saturated carbocycles. The molecule has 3 aromatic rings. The van der Waals surface area contributed by atoms with E-state index in [9.17, 15) is 4.79 Å². The van der Waals surface area contributed by atoms with Crippen molar-refractivity contribution in [2.45, 2.75) is 68.9 Å². The van der Waals surface area contributed by atoms with E-state index >= 15 is 0 Å². The number of benzene rings is 1. The Hall–Kier alpha value is -2.54. The van der Waals surface area contributed by atoms with Crippen molar-refractivity contribution in [3.05, 3.63) is 54.0 Å². The van der Waals surface area contributed by atoms with E-state index < -0.39 is 0 Å². The van der Waals surface area contributed by atoms with Crippen molar-refractivity contribution in [1.29, 1.82) is 0 Å². The summed E-state index contributed by atoms with van der Waals surface area (Å²) in [5, 5.41) is 12.6. The average molecular weight is 425 g/mol. The molecule has 1 atom stereocenters. The van der Waals surface area contributed by atoms with Gasteiger partial charge in [-0.15, -0.1) is 10.2 Å². The molecule has 158 valence electrons. The summed E-state index contributed by atoms with van der Waals surface area (Å²) >= 11 is 1.46. The minimum Gasteiger partial charge on any atom is -0.469 e. The Bertz CT molecular complexity index is 976. The molecule has 1 N–H and O–H groups in total. The highest BCUT2D eigenvalue weighted by molar-refractivity contribution is 8.00. The molecule has 1 aromatic carbocycles. The van der Waals surface area contributed by atoms with Crippen LogP contribution >= 0.6 is 11.8 Å². The molecule has 1 fully saturated rings. The lowest BCUT2D eigenvalue weighted by molar-refractivity contribution is -0.121. The normalized spacial score (nSPS) is 15.8. The predicted molar refractivity (Wildman–Crippen MR) is 118 cm³/mol. The number of hydrogen-bond acceptors (Lipinski definition) is 5. The summed E-state index contributed by atoms with van der Waals surface area (Å²) in [6, 6.07) is 12.4. The van der Waals surface area contributed by atoms with E-state index in [1.807, 2.05) is 38.1 Å². The van der Waals surface area contributed by atoms with Crippen LogP contribution in [0.2, 0.25) is 0 Å². The largest absolute Gasteiger partial charge is 0.469 e. The lowest BCUT2D eigenvalue weighted by Crippen LogP contribution is -2.40. The van der Waals surface area contributed by atoms with Gasteiger partial charge in [0.25, 0.3) is 0 Å². The highest BCUT2D eigenvalue weighted by Gasteiger charge is 2.24. The molecule has 0 saturated heterocycles. The molecule has 0 bridgehead atoms. The smallest absolute Gasteiger partial charge is 0.233 e. The number of thioether (sulfide) groups is 1. The van der Waals surface area contributed by atoms with E-state index in [2.05, 4.69) is 32.2 Å². The maximum absolute atomic E-state index is 12.8. The summed E-state index contributed by atoms with van der Waals surface area (Å²) < 4.78 is 7.56. The molecule has 0 radical (unpaired) electrons. The number of aryl methyl sites for hydroxylation is 1. The molecule has 2 aromatic heterocycles. The summed E-state index contributed by atoms with van der Waals surface area (Å²) in [5.74, 6) is 1.63. The summed E-state index contributed by atoms with van der Waals surface area (Å²) in [4.78, 5) is 12.8. The third kappa shape index (κ3) is 4.78. The second kappa shape index (κ2) is 9.51. The van der Waals surface area contributed by atoms with Gasteiger partial charge in [-0.25, -0.2) is 0 Å². The van der Waals surface area contributed by atoms with Crippen LogP contribution in [0, 0.1) is 6.92 Å². The van der Waals surface area contributed by atoms with Crippen LogP contribution in [-0.4, -0.2) is 32.0 Å². The van der Waals surface area contributed by atoms with Crippen LogP contribution in [-0.2, 0) is 11.3 Å². The summed E-state index contributed by atoms with van der Waals surface area (Å²) in [5.41, 5.74) is 2.07. The summed E-state index contributed by atoms with van der Waals surface area (Å²) in [6.07, 6.45) is 7.50. The van der Waals surface area contributed by atoms with Crippen LogP contribution in [0.5, 0.6) is 0 Å². The maximum atomic E-state index is 12.8. The summed E-state index contributed by atoms with van der Waals surface area (Å²) in [7, 11) is 0. The fraction of sp³-hybridized carbons (Fsp3) is 0.435. The Morgan fingerprint density at radius 1 is 1.20 bits per heavy atom. The fourth-order valence-electron chi connectivity index (χ4n) is 3.88. The number of amides is 1. The lowest BCUT2D eigenvalue weighted by atomic mass is 9.95. The van der Waals surface area contributed by atoms with Crippen LogP contribution in [0.1, 0.15) is 50.4 Å². The molecule has 2 heterocycles. The Kier molecular flexibility index (Phi) is 6.57. The first-order valence-electron chi connectivity index (χ1n) is 10.6. The van der Waals surface area contributed by atoms with Gasteiger partial charge in [0.15, 0.2) is 11.0 Å². The van der Waals surface area contributed by atoms with Crippen molar-refractivity contribution >= 4 is 17.7 Å². The zero-order chi connectivity index (χ0) is 20.9. The monoisotopic (exact) mass is 424 g/mol. The number of rotatable bonds is 7. The molecule has 0 spiro atoms. The van der Waals surface area contributed by atoms with E-state index in [4.69, 9.17) is 4.42 Å². The van der Waals surface area contributed by atoms with Gasteiger partial charge in [0.2, 0.25) is 5.91 Å². The van der Waals surface area contributed by atoms with E-state index in [1.165, 1.54) is 31.0 Å². The number of carbonyl (C=O) groups excluding carboxylic acids is 1. The van der Waals surface area contributed by atoms with E-state index in [0.717, 1.165) is 40.7 Å². The molecular weight excluding hydrogens is 396 g/mol. The lowest BCUT2D eigenvalue weighted by Gasteiger charge is -2.24. The highest BCUT2D eigenvalue weighted by Crippen LogP contribution is 2.30. The first kappa shape index (κ1) is 20.7. The first-order valence-corrected chi connectivity index (χ1v) is 11.5. The Morgan fingerprint density at radius 2 is 1.97 bits per heavy atom. The number of hydrogen-bond donors (Lipinski definition) is 1. The molecule has 30 heavy (non-hydrogen) atoms. The van der Waals surface area contributed by atoms with Crippen LogP contribution < -0.4 is 5.32 Å². The zero-order valence-electron chi connectivity index (χ0n) is 17.5. The van der Waals surface area contributed by atoms with Gasteiger partial charge in [-0.1, -0.05) is 61.4 Å². The van der Waals surface area contributed by atoms with Crippen LogP contribution in [0.3, 0.4) is 0 Å². The number of carbonyl (C=O) groups is 1. The van der Waals surface area contributed by atoms with Gasteiger partial charge >= 0.3 is 0 Å². The van der Waals surface area contributed by atoms with Gasteiger partial charge in [-0.05, 0) is 38.3 Å². The molecule has 4 rings (SSSR count). The SMILES string of the molecule is Cc1occc1-c1nnc(SC(C)C(=O)NC2CCCCC2)n1Cc1ccccc1. The molecule has 1 aliphatic carbocycles. The Morgan fingerprint density at radius 3 is 2.67 bits per heavy atom. The third-order valence-corrected chi connectivity index (χ3v) is 6.68. The molecule has 1 unspecified atom stereocenters. The Balaban J connectivity index is 1.55. The molecule has 1 aliphatic rings. The quantitative estimate of drug-likeness (QED) is 0.550. The number of nitrogens with zero attached hydrogens (tertiary/aromatic N) is 3. The molecule has 0 aliphatic heterocycles. The van der Waals surface area contributed by atoms with Gasteiger partial charge in [0.1, 0.15) is 5.76 Å². The second-order valence-electron chi connectivity index (χ2n) is 7.87. The van der Waals surface area contributed by atoms with Crippen molar-refractivity contribution in [2.75, 3.05) is 0 Å². The van der Waals surface area contributed by atoms with Gasteiger partial charge in [-0.3, -0.25) is 9.36 Å². The van der Waals surface area contributed by atoms with Gasteiger partial charge in [0, 0.05) is 6.04 Å². The van der Waals surface area contributed by atoms with Crippen molar-refractivity contribution in [1.82, 2.24) is 20.1 Å². The zero-order valence-corrected chi connectivity index (χ0v) is 18.3. The highest BCUT2D eigenvalue weighted by atomic mass is 32.2. The molecular formula is C23H28N4O2S. The molecule has 7 heteroatoms. The van der Waals surface area contributed by atoms with Gasteiger partial charge < -0.3 is 9.73 Å². The molecule has 6 nitrogen and oxygen atoms in total.